The molecule has 0 fully saturated rings. The van der Waals surface area contributed by atoms with Crippen molar-refractivity contribution in [3.63, 3.8) is 0 Å². The van der Waals surface area contributed by atoms with Crippen molar-refractivity contribution < 1.29 is 4.79 Å². The number of Topliss-reactive ketones (excluding diaryl/α,β-unsaturated/α-hetero) is 1. The van der Waals surface area contributed by atoms with E-state index in [-0.39, 0.29) is 28.6 Å². The summed E-state index contributed by atoms with van der Waals surface area (Å²) in [6, 6.07) is 2.09. The summed E-state index contributed by atoms with van der Waals surface area (Å²) >= 11 is 0. The molecule has 3 atom stereocenters. The zero-order chi connectivity index (χ0) is 17.9. The lowest BCUT2D eigenvalue weighted by atomic mass is 9.58. The van der Waals surface area contributed by atoms with Crippen molar-refractivity contribution in [2.75, 3.05) is 0 Å². The molecule has 0 aliphatic heterocycles. The zero-order valence-corrected chi connectivity index (χ0v) is 14.9. The molecule has 0 amide bonds. The largest absolute Gasteiger partial charge is 0.293 e. The Hall–Kier alpha value is -2.68. The highest BCUT2D eigenvalue weighted by Crippen LogP contribution is 2.50. The van der Waals surface area contributed by atoms with E-state index in [0.717, 1.165) is 29.8 Å². The molecule has 0 unspecified atom stereocenters. The minimum absolute atomic E-state index is 0.0307. The monoisotopic (exact) mass is 335 g/mol. The van der Waals surface area contributed by atoms with Gasteiger partial charge < -0.3 is 0 Å². The van der Waals surface area contributed by atoms with Gasteiger partial charge in [0.1, 0.15) is 6.07 Å². The normalized spacial score (nSPS) is 28.1. The fourth-order valence-corrected chi connectivity index (χ4v) is 4.75. The van der Waals surface area contributed by atoms with E-state index in [4.69, 9.17) is 5.10 Å². The number of ketones is 1. The van der Waals surface area contributed by atoms with Crippen LogP contribution in [-0.4, -0.2) is 25.3 Å². The van der Waals surface area contributed by atoms with Crippen molar-refractivity contribution in [2.24, 2.45) is 25.9 Å². The Morgan fingerprint density at radius 2 is 2.16 bits per heavy atom. The Morgan fingerprint density at radius 1 is 1.40 bits per heavy atom. The van der Waals surface area contributed by atoms with Crippen molar-refractivity contribution in [3.8, 4) is 17.3 Å². The molecular weight excluding hydrogens is 314 g/mol. The Morgan fingerprint density at radius 3 is 2.80 bits per heavy atom. The number of rotatable bonds is 1. The highest BCUT2D eigenvalue weighted by atomic mass is 16.1. The minimum Gasteiger partial charge on any atom is -0.293 e. The molecular formula is C19H21N5O. The molecule has 2 aliphatic rings. The molecule has 0 saturated heterocycles. The zero-order valence-electron chi connectivity index (χ0n) is 14.9. The Labute approximate surface area is 146 Å². The van der Waals surface area contributed by atoms with Crippen LogP contribution < -0.4 is 0 Å². The summed E-state index contributed by atoms with van der Waals surface area (Å²) in [5.41, 5.74) is 4.23. The maximum absolute atomic E-state index is 12.4. The lowest BCUT2D eigenvalue weighted by Gasteiger charge is -2.44. The fraction of sp³-hybridized carbons (Fsp3) is 0.474. The number of hydrogen-bond donors (Lipinski definition) is 0. The van der Waals surface area contributed by atoms with Crippen molar-refractivity contribution >= 4 is 5.78 Å². The van der Waals surface area contributed by atoms with Gasteiger partial charge >= 0.3 is 0 Å². The smallest absolute Gasteiger partial charge is 0.176 e. The molecule has 0 bridgehead atoms. The van der Waals surface area contributed by atoms with Crippen LogP contribution in [0.5, 0.6) is 0 Å². The van der Waals surface area contributed by atoms with Gasteiger partial charge in [-0.15, -0.1) is 0 Å². The van der Waals surface area contributed by atoms with E-state index >= 15 is 0 Å². The number of fused-ring (bicyclic) bond motifs is 3. The first-order chi connectivity index (χ1) is 11.9. The van der Waals surface area contributed by atoms with Gasteiger partial charge in [-0.25, -0.2) is 0 Å². The molecule has 0 radical (unpaired) electrons. The van der Waals surface area contributed by atoms with E-state index in [1.807, 2.05) is 44.2 Å². The maximum atomic E-state index is 12.4. The maximum Gasteiger partial charge on any atom is 0.176 e. The van der Waals surface area contributed by atoms with Gasteiger partial charge in [0.15, 0.2) is 5.78 Å². The number of carbonyl (C=O) groups is 1. The fourth-order valence-electron chi connectivity index (χ4n) is 4.75. The summed E-state index contributed by atoms with van der Waals surface area (Å²) in [6.45, 7) is 4.07. The topological polar surface area (TPSA) is 76.5 Å². The molecule has 25 heavy (non-hydrogen) atoms. The average molecular weight is 335 g/mol. The summed E-state index contributed by atoms with van der Waals surface area (Å²) in [7, 11) is 3.85. The lowest BCUT2D eigenvalue weighted by Crippen LogP contribution is -2.45. The Bertz CT molecular complexity index is 957. The van der Waals surface area contributed by atoms with Crippen LogP contribution in [0, 0.1) is 23.2 Å². The number of nitriles is 1. The van der Waals surface area contributed by atoms with Gasteiger partial charge in [0.05, 0.1) is 23.2 Å². The molecule has 6 nitrogen and oxygen atoms in total. The van der Waals surface area contributed by atoms with E-state index in [9.17, 15) is 10.1 Å². The third-order valence-corrected chi connectivity index (χ3v) is 5.96. The van der Waals surface area contributed by atoms with Crippen LogP contribution in [0.25, 0.3) is 11.3 Å². The first kappa shape index (κ1) is 15.8. The summed E-state index contributed by atoms with van der Waals surface area (Å²) < 4.78 is 3.70. The summed E-state index contributed by atoms with van der Waals surface area (Å²) in [4.78, 5) is 12.4. The molecule has 0 aromatic carbocycles. The number of nitrogens with zero attached hydrogens (tertiary/aromatic N) is 5. The molecule has 2 aromatic rings. The number of hydrogen-bond acceptors (Lipinski definition) is 4. The van der Waals surface area contributed by atoms with Crippen LogP contribution in [0.4, 0.5) is 0 Å². The van der Waals surface area contributed by atoms with Crippen LogP contribution in [0.3, 0.4) is 0 Å². The summed E-state index contributed by atoms with van der Waals surface area (Å²) in [5, 5.41) is 18.5. The predicted molar refractivity (Wildman–Crippen MR) is 92.4 cm³/mol. The van der Waals surface area contributed by atoms with E-state index in [2.05, 4.69) is 18.1 Å². The highest BCUT2D eigenvalue weighted by molar-refractivity contribution is 6.02. The number of carbonyl (C=O) groups excluding carboxylic acids is 1. The van der Waals surface area contributed by atoms with Gasteiger partial charge in [-0.05, 0) is 18.8 Å². The van der Waals surface area contributed by atoms with Gasteiger partial charge in [0.25, 0.3) is 0 Å². The van der Waals surface area contributed by atoms with Gasteiger partial charge in [-0.2, -0.15) is 15.5 Å². The van der Waals surface area contributed by atoms with Gasteiger partial charge in [-0.3, -0.25) is 14.2 Å². The van der Waals surface area contributed by atoms with Gasteiger partial charge in [-0.1, -0.05) is 19.9 Å². The molecule has 0 spiro atoms. The summed E-state index contributed by atoms with van der Waals surface area (Å²) in [6.07, 6.45) is 7.52. The molecule has 128 valence electrons. The Kier molecular flexibility index (Phi) is 3.26. The van der Waals surface area contributed by atoms with E-state index in [1.165, 1.54) is 5.56 Å². The number of allylic oxidation sites excluding steroid dienone is 2. The van der Waals surface area contributed by atoms with Crippen LogP contribution >= 0.6 is 0 Å². The first-order valence-corrected chi connectivity index (χ1v) is 8.59. The highest BCUT2D eigenvalue weighted by Gasteiger charge is 2.50. The lowest BCUT2D eigenvalue weighted by molar-refractivity contribution is -0.121. The van der Waals surface area contributed by atoms with E-state index in [1.54, 1.807) is 4.68 Å². The van der Waals surface area contributed by atoms with Crippen molar-refractivity contribution in [3.05, 3.63) is 35.3 Å². The van der Waals surface area contributed by atoms with Crippen molar-refractivity contribution in [1.82, 2.24) is 19.6 Å². The molecule has 4 rings (SSSR count). The summed E-state index contributed by atoms with van der Waals surface area (Å²) in [5.74, 6) is -0.000245. The van der Waals surface area contributed by atoms with Crippen molar-refractivity contribution in [1.29, 1.82) is 5.26 Å². The second kappa shape index (κ2) is 5.16. The average Bonchev–Trinajstić information content (AvgIpc) is 3.14. The SMILES string of the molecule is C[C@@H]1C(=O)C(C#N)=C[C@]2(C)c3nn(C)c(-c4cnn(C)c4)c3CC[C@@H]12. The second-order valence-corrected chi connectivity index (χ2v) is 7.45. The third kappa shape index (κ3) is 2.05. The predicted octanol–water partition coefficient (Wildman–Crippen LogP) is 2.31. The molecule has 2 aromatic heterocycles. The standard InChI is InChI=1S/C19H21N5O/c1-11-15-6-5-14-16(13-9-21-23(3)10-13)24(4)22-18(14)19(15,2)7-12(8-20)17(11)25/h7,9-11,15H,5-6H2,1-4H3/t11-,15-,19-/m0/s1. The van der Waals surface area contributed by atoms with Crippen LogP contribution in [0.15, 0.2) is 24.0 Å². The van der Waals surface area contributed by atoms with Crippen LogP contribution in [-0.2, 0) is 30.7 Å². The molecule has 2 aliphatic carbocycles. The van der Waals surface area contributed by atoms with Crippen LogP contribution in [0.2, 0.25) is 0 Å². The quantitative estimate of drug-likeness (QED) is 0.801. The van der Waals surface area contributed by atoms with E-state index in [0.29, 0.717) is 0 Å². The molecule has 0 saturated carbocycles. The van der Waals surface area contributed by atoms with Crippen molar-refractivity contribution in [2.45, 2.75) is 32.1 Å². The number of aromatic nitrogens is 4. The van der Waals surface area contributed by atoms with Gasteiger partial charge in [0, 0.05) is 42.8 Å². The minimum atomic E-state index is -0.385. The second-order valence-electron chi connectivity index (χ2n) is 7.45. The third-order valence-electron chi connectivity index (χ3n) is 5.96. The van der Waals surface area contributed by atoms with E-state index < -0.39 is 0 Å². The Balaban J connectivity index is 1.94. The first-order valence-electron chi connectivity index (χ1n) is 8.59. The molecule has 6 heteroatoms. The van der Waals surface area contributed by atoms with Gasteiger partial charge in [0.2, 0.25) is 0 Å². The molecule has 2 heterocycles. The van der Waals surface area contributed by atoms with Crippen LogP contribution in [0.1, 0.15) is 31.5 Å². The number of aryl methyl sites for hydroxylation is 2. The molecule has 0 N–H and O–H groups in total.